The Hall–Kier alpha value is -2.35. The molecule has 3 aliphatic rings. The van der Waals surface area contributed by atoms with Gasteiger partial charge in [-0.2, -0.15) is 11.8 Å². The predicted molar refractivity (Wildman–Crippen MR) is 121 cm³/mol. The molecule has 0 bridgehead atoms. The second-order valence-corrected chi connectivity index (χ2v) is 9.59. The van der Waals surface area contributed by atoms with Crippen LogP contribution in [0.1, 0.15) is 17.5 Å². The number of benzene rings is 2. The number of para-hydroxylation sites is 1. The number of hydrogen-bond acceptors (Lipinski definition) is 5. The smallest absolute Gasteiger partial charge is 0.250 e. The number of likely N-dealkylation sites (tertiary alicyclic amines) is 1. The van der Waals surface area contributed by atoms with Crippen LogP contribution < -0.4 is 10.6 Å². The van der Waals surface area contributed by atoms with Crippen LogP contribution in [0.5, 0.6) is 0 Å². The van der Waals surface area contributed by atoms with Gasteiger partial charge in [-0.15, -0.1) is 0 Å². The number of thioether (sulfide) groups is 1. The summed E-state index contributed by atoms with van der Waals surface area (Å²) in [6, 6.07) is 14.3. The second kappa shape index (κ2) is 7.65. The zero-order valence-corrected chi connectivity index (χ0v) is 18.5. The standard InChI is InChI=1S/C23H22ClN3O3S/c1-31-11-10-17-18-19(23(26-17)14-7-3-5-9-16(14)25-22(23)30)21(29)27(20(18)28)12-13-6-2-4-8-15(13)24/h2-9,17-19,26H,10-12H2,1H3,(H,25,30)/t17-,18+,19+,23+/m0/s1. The summed E-state index contributed by atoms with van der Waals surface area (Å²) in [5.41, 5.74) is 0.910. The fraction of sp³-hybridized carbons (Fsp3) is 0.348. The van der Waals surface area contributed by atoms with Crippen molar-refractivity contribution in [3.8, 4) is 0 Å². The number of nitrogens with zero attached hydrogens (tertiary/aromatic N) is 1. The number of fused-ring (bicyclic) bond motifs is 4. The Balaban J connectivity index is 1.58. The van der Waals surface area contributed by atoms with Crippen molar-refractivity contribution in [2.24, 2.45) is 11.8 Å². The van der Waals surface area contributed by atoms with E-state index < -0.39 is 17.4 Å². The Morgan fingerprint density at radius 2 is 1.81 bits per heavy atom. The summed E-state index contributed by atoms with van der Waals surface area (Å²) in [6.45, 7) is 0.110. The molecule has 2 aromatic rings. The maximum Gasteiger partial charge on any atom is 0.250 e. The van der Waals surface area contributed by atoms with Crippen LogP contribution in [0.3, 0.4) is 0 Å². The molecule has 5 rings (SSSR count). The highest BCUT2D eigenvalue weighted by Crippen LogP contribution is 2.53. The molecule has 0 saturated carbocycles. The normalized spacial score (nSPS) is 28.9. The minimum atomic E-state index is -1.23. The molecule has 2 aromatic carbocycles. The molecular formula is C23H22ClN3O3S. The molecule has 0 unspecified atom stereocenters. The van der Waals surface area contributed by atoms with Crippen LogP contribution in [0.2, 0.25) is 5.02 Å². The van der Waals surface area contributed by atoms with E-state index in [-0.39, 0.29) is 30.3 Å². The zero-order chi connectivity index (χ0) is 21.8. The quantitative estimate of drug-likeness (QED) is 0.677. The summed E-state index contributed by atoms with van der Waals surface area (Å²) in [4.78, 5) is 41.8. The molecule has 4 atom stereocenters. The SMILES string of the molecule is CSCC[C@@H]1N[C@@]2(C(=O)Nc3ccccc32)[C@H]2C(=O)N(Cc3ccccc3Cl)C(=O)[C@H]12. The molecule has 3 amide bonds. The molecule has 0 aliphatic carbocycles. The lowest BCUT2D eigenvalue weighted by molar-refractivity contribution is -0.143. The largest absolute Gasteiger partial charge is 0.324 e. The minimum Gasteiger partial charge on any atom is -0.324 e. The third-order valence-electron chi connectivity index (χ3n) is 6.63. The number of carbonyl (C=O) groups excluding carboxylic acids is 3. The Kier molecular flexibility index (Phi) is 5.07. The van der Waals surface area contributed by atoms with Crippen molar-refractivity contribution >= 4 is 46.8 Å². The van der Waals surface area contributed by atoms with Crippen LogP contribution in [0.4, 0.5) is 5.69 Å². The van der Waals surface area contributed by atoms with Crippen molar-refractivity contribution < 1.29 is 14.4 Å². The summed E-state index contributed by atoms with van der Waals surface area (Å²) >= 11 is 7.98. The molecule has 8 heteroatoms. The molecule has 3 heterocycles. The average molecular weight is 456 g/mol. The molecule has 0 radical (unpaired) electrons. The number of anilines is 1. The van der Waals surface area contributed by atoms with Gasteiger partial charge in [0.2, 0.25) is 17.7 Å². The highest BCUT2D eigenvalue weighted by Gasteiger charge is 2.70. The first kappa shape index (κ1) is 20.5. The van der Waals surface area contributed by atoms with E-state index in [2.05, 4.69) is 10.6 Å². The lowest BCUT2D eigenvalue weighted by Crippen LogP contribution is -2.53. The van der Waals surface area contributed by atoms with Gasteiger partial charge in [-0.05, 0) is 36.1 Å². The lowest BCUT2D eigenvalue weighted by Gasteiger charge is -2.29. The Labute approximate surface area is 189 Å². The molecule has 2 saturated heterocycles. The Bertz CT molecular complexity index is 1090. The molecule has 6 nitrogen and oxygen atoms in total. The summed E-state index contributed by atoms with van der Waals surface area (Å²) in [7, 11) is 0. The van der Waals surface area contributed by atoms with E-state index in [0.717, 1.165) is 11.3 Å². The fourth-order valence-corrected chi connectivity index (χ4v) is 5.95. The number of rotatable bonds is 5. The summed E-state index contributed by atoms with van der Waals surface area (Å²) in [5, 5.41) is 6.87. The van der Waals surface area contributed by atoms with Crippen LogP contribution in [0, 0.1) is 11.8 Å². The van der Waals surface area contributed by atoms with Crippen molar-refractivity contribution in [1.29, 1.82) is 0 Å². The van der Waals surface area contributed by atoms with Gasteiger partial charge in [-0.25, -0.2) is 0 Å². The molecule has 31 heavy (non-hydrogen) atoms. The number of halogens is 1. The van der Waals surface area contributed by atoms with Crippen LogP contribution in [-0.4, -0.2) is 40.7 Å². The third-order valence-corrected chi connectivity index (χ3v) is 7.65. The van der Waals surface area contributed by atoms with Crippen LogP contribution in [0.15, 0.2) is 48.5 Å². The number of hydrogen-bond donors (Lipinski definition) is 2. The van der Waals surface area contributed by atoms with Gasteiger partial charge in [0.25, 0.3) is 0 Å². The van der Waals surface area contributed by atoms with Gasteiger partial charge >= 0.3 is 0 Å². The van der Waals surface area contributed by atoms with Gasteiger partial charge in [0.05, 0.1) is 18.4 Å². The van der Waals surface area contributed by atoms with Gasteiger partial charge in [-0.3, -0.25) is 24.6 Å². The van der Waals surface area contributed by atoms with Crippen molar-refractivity contribution in [3.63, 3.8) is 0 Å². The molecule has 2 fully saturated rings. The fourth-order valence-electron chi connectivity index (χ4n) is 5.26. The monoisotopic (exact) mass is 455 g/mol. The van der Waals surface area contributed by atoms with Gasteiger partial charge in [-0.1, -0.05) is 48.0 Å². The van der Waals surface area contributed by atoms with E-state index in [4.69, 9.17) is 11.6 Å². The van der Waals surface area contributed by atoms with Gasteiger partial charge in [0.15, 0.2) is 0 Å². The highest BCUT2D eigenvalue weighted by molar-refractivity contribution is 7.98. The van der Waals surface area contributed by atoms with Crippen LogP contribution in [-0.2, 0) is 26.5 Å². The van der Waals surface area contributed by atoms with Gasteiger partial charge in [0.1, 0.15) is 5.54 Å². The number of amides is 3. The van der Waals surface area contributed by atoms with E-state index in [1.165, 1.54) is 4.90 Å². The van der Waals surface area contributed by atoms with E-state index in [1.54, 1.807) is 17.8 Å². The third kappa shape index (κ3) is 2.94. The van der Waals surface area contributed by atoms with Crippen molar-refractivity contribution in [2.45, 2.75) is 24.5 Å². The first-order chi connectivity index (χ1) is 15.0. The first-order valence-electron chi connectivity index (χ1n) is 10.2. The van der Waals surface area contributed by atoms with E-state index >= 15 is 0 Å². The predicted octanol–water partition coefficient (Wildman–Crippen LogP) is 3.01. The number of imide groups is 1. The van der Waals surface area contributed by atoms with Gasteiger partial charge in [0, 0.05) is 22.3 Å². The average Bonchev–Trinajstić information content (AvgIpc) is 3.34. The summed E-state index contributed by atoms with van der Waals surface area (Å²) < 4.78 is 0. The Morgan fingerprint density at radius 1 is 1.06 bits per heavy atom. The molecule has 3 aliphatic heterocycles. The number of nitrogens with one attached hydrogen (secondary N) is 2. The van der Waals surface area contributed by atoms with Gasteiger partial charge < -0.3 is 5.32 Å². The lowest BCUT2D eigenvalue weighted by atomic mass is 9.76. The minimum absolute atomic E-state index is 0.110. The first-order valence-corrected chi connectivity index (χ1v) is 12.0. The van der Waals surface area contributed by atoms with E-state index in [1.807, 2.05) is 48.7 Å². The van der Waals surface area contributed by atoms with Crippen LogP contribution in [0.25, 0.3) is 0 Å². The topological polar surface area (TPSA) is 78.5 Å². The molecule has 2 N–H and O–H groups in total. The van der Waals surface area contributed by atoms with Crippen molar-refractivity contribution in [3.05, 3.63) is 64.7 Å². The molecular weight excluding hydrogens is 434 g/mol. The Morgan fingerprint density at radius 3 is 2.58 bits per heavy atom. The highest BCUT2D eigenvalue weighted by atomic mass is 35.5. The number of carbonyl (C=O) groups is 3. The molecule has 1 spiro atoms. The van der Waals surface area contributed by atoms with E-state index in [0.29, 0.717) is 22.7 Å². The second-order valence-electron chi connectivity index (χ2n) is 8.20. The zero-order valence-electron chi connectivity index (χ0n) is 16.9. The molecule has 160 valence electrons. The van der Waals surface area contributed by atoms with Crippen molar-refractivity contribution in [1.82, 2.24) is 10.2 Å². The summed E-state index contributed by atoms with van der Waals surface area (Å²) in [5.74, 6) is -1.36. The van der Waals surface area contributed by atoms with E-state index in [9.17, 15) is 14.4 Å². The summed E-state index contributed by atoms with van der Waals surface area (Å²) in [6.07, 6.45) is 2.70. The van der Waals surface area contributed by atoms with Crippen LogP contribution >= 0.6 is 23.4 Å². The van der Waals surface area contributed by atoms with Crippen molar-refractivity contribution in [2.75, 3.05) is 17.3 Å². The maximum atomic E-state index is 13.7. The maximum absolute atomic E-state index is 13.7. The molecule has 0 aromatic heterocycles.